The number of anilines is 1. The van der Waals surface area contributed by atoms with Gasteiger partial charge in [-0.15, -0.1) is 11.3 Å². The van der Waals surface area contributed by atoms with Gasteiger partial charge in [0.25, 0.3) is 5.91 Å². The first-order chi connectivity index (χ1) is 16.1. The maximum atomic E-state index is 13.5. The van der Waals surface area contributed by atoms with Gasteiger partial charge < -0.3 is 10.1 Å². The number of fused-ring (bicyclic) bond motifs is 2. The molecule has 0 radical (unpaired) electrons. The van der Waals surface area contributed by atoms with Crippen LogP contribution >= 0.6 is 11.3 Å². The Hall–Kier alpha value is -3.69. The van der Waals surface area contributed by atoms with Crippen LogP contribution in [0.1, 0.15) is 39.7 Å². The molecule has 4 aromatic rings. The third-order valence-electron chi connectivity index (χ3n) is 6.18. The van der Waals surface area contributed by atoms with Crippen LogP contribution in [0, 0.1) is 17.2 Å². The van der Waals surface area contributed by atoms with Crippen LogP contribution in [0.2, 0.25) is 0 Å². The number of nitrogens with one attached hydrogen (secondary N) is 1. The smallest absolute Gasteiger partial charge is 0.257 e. The Labute approximate surface area is 196 Å². The fourth-order valence-electron chi connectivity index (χ4n) is 4.42. The average Bonchev–Trinajstić information content (AvgIpc) is 3.18. The van der Waals surface area contributed by atoms with E-state index in [1.807, 2.05) is 54.6 Å². The van der Waals surface area contributed by atoms with Crippen LogP contribution in [0.4, 0.5) is 5.00 Å². The van der Waals surface area contributed by atoms with Crippen molar-refractivity contribution in [1.29, 1.82) is 5.26 Å². The van der Waals surface area contributed by atoms with E-state index < -0.39 is 0 Å². The summed E-state index contributed by atoms with van der Waals surface area (Å²) in [5.41, 5.74) is 4.55. The summed E-state index contributed by atoms with van der Waals surface area (Å²) >= 11 is 1.54. The number of nitrogens with zero attached hydrogens (tertiary/aromatic N) is 2. The van der Waals surface area contributed by atoms with E-state index in [2.05, 4.69) is 18.3 Å². The summed E-state index contributed by atoms with van der Waals surface area (Å²) in [7, 11) is 1.62. The Morgan fingerprint density at radius 3 is 2.88 bits per heavy atom. The van der Waals surface area contributed by atoms with Crippen LogP contribution in [0.5, 0.6) is 5.75 Å². The van der Waals surface area contributed by atoms with Crippen molar-refractivity contribution in [3.63, 3.8) is 0 Å². The summed E-state index contributed by atoms with van der Waals surface area (Å²) < 4.78 is 5.36. The third-order valence-corrected chi connectivity index (χ3v) is 7.35. The number of amides is 1. The Morgan fingerprint density at radius 1 is 1.21 bits per heavy atom. The van der Waals surface area contributed by atoms with Gasteiger partial charge in [0.05, 0.1) is 29.4 Å². The number of carbonyl (C=O) groups excluding carboxylic acids is 1. The van der Waals surface area contributed by atoms with Gasteiger partial charge in [-0.2, -0.15) is 5.26 Å². The Bertz CT molecular complexity index is 1420. The molecule has 2 heterocycles. The fourth-order valence-corrected chi connectivity index (χ4v) is 5.78. The molecule has 1 aliphatic carbocycles. The lowest BCUT2D eigenvalue weighted by Gasteiger charge is -2.17. The first-order valence-electron chi connectivity index (χ1n) is 11.0. The van der Waals surface area contributed by atoms with Crippen LogP contribution in [0.3, 0.4) is 0 Å². The first-order valence-corrected chi connectivity index (χ1v) is 11.8. The van der Waals surface area contributed by atoms with E-state index in [1.165, 1.54) is 16.2 Å². The summed E-state index contributed by atoms with van der Waals surface area (Å²) in [5, 5.41) is 14.3. The minimum absolute atomic E-state index is 0.235. The number of para-hydroxylation sites is 1. The van der Waals surface area contributed by atoms with Gasteiger partial charge >= 0.3 is 0 Å². The molecule has 1 aliphatic rings. The number of methoxy groups -OCH3 is 1. The molecular formula is C27H23N3O2S. The molecule has 1 unspecified atom stereocenters. The van der Waals surface area contributed by atoms with Crippen LogP contribution in [-0.4, -0.2) is 18.0 Å². The second kappa shape index (κ2) is 8.68. The molecule has 5 nitrogen and oxygen atoms in total. The van der Waals surface area contributed by atoms with Gasteiger partial charge in [-0.3, -0.25) is 4.79 Å². The van der Waals surface area contributed by atoms with Crippen molar-refractivity contribution in [3.05, 3.63) is 76.2 Å². The standard InChI is InChI=1S/C27H23N3O2S/c1-16-10-11-20-22(15-28)27(33-25(20)12-16)30-26(31)21-14-24(17-6-5-7-18(13-17)32-2)29-23-9-4-3-8-19(21)23/h3-9,13-14,16H,10-12H2,1-2H3,(H,30,31). The van der Waals surface area contributed by atoms with Crippen molar-refractivity contribution in [3.8, 4) is 23.1 Å². The van der Waals surface area contributed by atoms with Gasteiger partial charge in [-0.25, -0.2) is 4.98 Å². The molecule has 164 valence electrons. The molecule has 0 fully saturated rings. The van der Waals surface area contributed by atoms with Gasteiger partial charge in [0.15, 0.2) is 0 Å². The summed E-state index contributed by atoms with van der Waals surface area (Å²) in [6, 6.07) is 19.4. The van der Waals surface area contributed by atoms with Crippen LogP contribution < -0.4 is 10.1 Å². The zero-order chi connectivity index (χ0) is 22.9. The molecule has 2 aromatic heterocycles. The summed E-state index contributed by atoms with van der Waals surface area (Å²) in [4.78, 5) is 19.5. The van der Waals surface area contributed by atoms with Crippen molar-refractivity contribution in [1.82, 2.24) is 4.98 Å². The number of ether oxygens (including phenoxy) is 1. The first kappa shape index (κ1) is 21.2. The van der Waals surface area contributed by atoms with Gasteiger partial charge in [0.2, 0.25) is 0 Å². The van der Waals surface area contributed by atoms with Gasteiger partial charge in [0, 0.05) is 15.8 Å². The van der Waals surface area contributed by atoms with E-state index in [9.17, 15) is 10.1 Å². The van der Waals surface area contributed by atoms with Crippen molar-refractivity contribution in [2.45, 2.75) is 26.2 Å². The number of rotatable bonds is 4. The maximum Gasteiger partial charge on any atom is 0.257 e. The number of thiophene rings is 1. The van der Waals surface area contributed by atoms with Crippen LogP contribution in [-0.2, 0) is 12.8 Å². The van der Waals surface area contributed by atoms with E-state index >= 15 is 0 Å². The molecule has 33 heavy (non-hydrogen) atoms. The van der Waals surface area contributed by atoms with E-state index in [4.69, 9.17) is 9.72 Å². The van der Waals surface area contributed by atoms with Crippen molar-refractivity contribution < 1.29 is 9.53 Å². The second-order valence-electron chi connectivity index (χ2n) is 8.43. The quantitative estimate of drug-likeness (QED) is 0.398. The predicted octanol–water partition coefficient (Wildman–Crippen LogP) is 6.22. The third kappa shape index (κ3) is 3.96. The zero-order valence-corrected chi connectivity index (χ0v) is 19.3. The molecule has 0 bridgehead atoms. The van der Waals surface area contributed by atoms with E-state index in [0.29, 0.717) is 27.7 Å². The highest BCUT2D eigenvalue weighted by Gasteiger charge is 2.25. The van der Waals surface area contributed by atoms with Crippen molar-refractivity contribution in [2.75, 3.05) is 12.4 Å². The molecule has 1 N–H and O–H groups in total. The SMILES string of the molecule is COc1cccc(-c2cc(C(=O)Nc3sc4c(c3C#N)CCC(C)C4)c3ccccc3n2)c1. The monoisotopic (exact) mass is 453 g/mol. The van der Waals surface area contributed by atoms with Gasteiger partial charge in [-0.1, -0.05) is 37.3 Å². The molecule has 0 aliphatic heterocycles. The molecule has 1 atom stereocenters. The number of hydrogen-bond donors (Lipinski definition) is 1. The molecule has 5 rings (SSSR count). The van der Waals surface area contributed by atoms with Gasteiger partial charge in [0.1, 0.15) is 16.8 Å². The Balaban J connectivity index is 1.57. The van der Waals surface area contributed by atoms with Crippen LogP contribution in [0.25, 0.3) is 22.2 Å². The summed E-state index contributed by atoms with van der Waals surface area (Å²) in [6.45, 7) is 2.23. The zero-order valence-electron chi connectivity index (χ0n) is 18.5. The molecule has 0 spiro atoms. The molecular weight excluding hydrogens is 430 g/mol. The molecule has 2 aromatic carbocycles. The largest absolute Gasteiger partial charge is 0.497 e. The van der Waals surface area contributed by atoms with Gasteiger partial charge in [-0.05, 0) is 55.0 Å². The Kier molecular flexibility index (Phi) is 5.57. The average molecular weight is 454 g/mol. The van der Waals surface area contributed by atoms with E-state index in [1.54, 1.807) is 7.11 Å². The topological polar surface area (TPSA) is 75.0 Å². The number of aromatic nitrogens is 1. The lowest BCUT2D eigenvalue weighted by Crippen LogP contribution is -2.13. The van der Waals surface area contributed by atoms with E-state index in [0.717, 1.165) is 47.0 Å². The summed E-state index contributed by atoms with van der Waals surface area (Å²) in [5.74, 6) is 1.09. The highest BCUT2D eigenvalue weighted by atomic mass is 32.1. The number of hydrogen-bond acceptors (Lipinski definition) is 5. The highest BCUT2D eigenvalue weighted by Crippen LogP contribution is 2.39. The lowest BCUT2D eigenvalue weighted by molar-refractivity contribution is 0.102. The molecule has 6 heteroatoms. The Morgan fingerprint density at radius 2 is 2.06 bits per heavy atom. The second-order valence-corrected chi connectivity index (χ2v) is 9.53. The lowest BCUT2D eigenvalue weighted by atomic mass is 9.88. The number of nitriles is 1. The fraction of sp³-hybridized carbons (Fsp3) is 0.222. The molecule has 0 saturated heterocycles. The highest BCUT2D eigenvalue weighted by molar-refractivity contribution is 7.16. The predicted molar refractivity (Wildman–Crippen MR) is 132 cm³/mol. The number of pyridine rings is 1. The number of carbonyl (C=O) groups is 1. The minimum atomic E-state index is -0.235. The summed E-state index contributed by atoms with van der Waals surface area (Å²) in [6.07, 6.45) is 2.93. The number of benzene rings is 2. The normalized spacial score (nSPS) is 15.0. The van der Waals surface area contributed by atoms with Crippen molar-refractivity contribution >= 4 is 33.1 Å². The molecule has 1 amide bonds. The molecule has 0 saturated carbocycles. The van der Waals surface area contributed by atoms with Crippen molar-refractivity contribution in [2.24, 2.45) is 5.92 Å². The maximum absolute atomic E-state index is 13.5. The van der Waals surface area contributed by atoms with Crippen LogP contribution in [0.15, 0.2) is 54.6 Å². The minimum Gasteiger partial charge on any atom is -0.497 e. The van der Waals surface area contributed by atoms with E-state index in [-0.39, 0.29) is 5.91 Å².